The van der Waals surface area contributed by atoms with Gasteiger partial charge in [0.2, 0.25) is 0 Å². The van der Waals surface area contributed by atoms with E-state index in [1.165, 1.54) is 12.1 Å². The summed E-state index contributed by atoms with van der Waals surface area (Å²) in [4.78, 5) is 19.3. The summed E-state index contributed by atoms with van der Waals surface area (Å²) in [6, 6.07) is 7.60. The van der Waals surface area contributed by atoms with E-state index in [1.54, 1.807) is 18.2 Å². The Morgan fingerprint density at radius 1 is 1.18 bits per heavy atom. The minimum atomic E-state index is -1.08. The molecule has 6 heteroatoms. The van der Waals surface area contributed by atoms with Crippen LogP contribution in [-0.4, -0.2) is 22.2 Å². The maximum atomic E-state index is 12.4. The van der Waals surface area contributed by atoms with Gasteiger partial charge >= 0.3 is 11.9 Å². The van der Waals surface area contributed by atoms with Crippen LogP contribution in [0.15, 0.2) is 24.3 Å². The monoisotopic (exact) mass is 239 g/mol. The number of carboxylic acid groups (broad SMARTS) is 2. The van der Waals surface area contributed by atoms with E-state index in [0.717, 1.165) is 0 Å². The van der Waals surface area contributed by atoms with Crippen LogP contribution in [-0.2, 0) is 9.59 Å². The van der Waals surface area contributed by atoms with E-state index in [2.05, 4.69) is 0 Å². The number of benzene rings is 1. The van der Waals surface area contributed by atoms with Gasteiger partial charge in [-0.3, -0.25) is 9.59 Å². The predicted molar refractivity (Wildman–Crippen MR) is 55.6 cm³/mol. The number of rotatable bonds is 3. The molecule has 0 radical (unpaired) electrons. The highest BCUT2D eigenvalue weighted by atomic mass is 19.1. The fourth-order valence-electron chi connectivity index (χ4n) is 0.766. The van der Waals surface area contributed by atoms with E-state index in [1.807, 2.05) is 0 Å². The largest absolute Gasteiger partial charge is 0.481 e. The van der Waals surface area contributed by atoms with Gasteiger partial charge in [-0.1, -0.05) is 12.1 Å². The summed E-state index contributed by atoms with van der Waals surface area (Å²) < 4.78 is 12.4. The van der Waals surface area contributed by atoms with Crippen LogP contribution in [0.1, 0.15) is 18.4 Å². The topological polar surface area (TPSA) is 98.4 Å². The lowest BCUT2D eigenvalue weighted by Crippen LogP contribution is -2.00. The third kappa shape index (κ3) is 7.50. The third-order valence-corrected chi connectivity index (χ3v) is 1.55. The van der Waals surface area contributed by atoms with E-state index in [-0.39, 0.29) is 18.4 Å². The lowest BCUT2D eigenvalue weighted by molar-refractivity contribution is -0.143. The summed E-state index contributed by atoms with van der Waals surface area (Å²) in [5.41, 5.74) is 0.0949. The molecule has 0 aromatic heterocycles. The average Bonchev–Trinajstić information content (AvgIpc) is 2.28. The van der Waals surface area contributed by atoms with E-state index in [4.69, 9.17) is 15.5 Å². The molecule has 2 N–H and O–H groups in total. The quantitative estimate of drug-likeness (QED) is 0.835. The van der Waals surface area contributed by atoms with Crippen molar-refractivity contribution in [3.63, 3.8) is 0 Å². The number of hydrogen-bond acceptors (Lipinski definition) is 3. The molecule has 0 amide bonds. The minimum Gasteiger partial charge on any atom is -0.481 e. The molecule has 0 unspecified atom stereocenters. The average molecular weight is 239 g/mol. The maximum Gasteiger partial charge on any atom is 0.303 e. The first kappa shape index (κ1) is 14.6. The Bertz CT molecular complexity index is 425. The predicted octanol–water partition coefficient (Wildman–Crippen LogP) is 1.63. The molecule has 0 atom stereocenters. The van der Waals surface area contributed by atoms with Gasteiger partial charge in [0.15, 0.2) is 0 Å². The van der Waals surface area contributed by atoms with Gasteiger partial charge in [-0.05, 0) is 12.1 Å². The third-order valence-electron chi connectivity index (χ3n) is 1.55. The fourth-order valence-corrected chi connectivity index (χ4v) is 0.766. The van der Waals surface area contributed by atoms with Crippen molar-refractivity contribution in [2.45, 2.75) is 12.8 Å². The van der Waals surface area contributed by atoms with Crippen LogP contribution in [0.5, 0.6) is 0 Å². The number of carbonyl (C=O) groups is 2. The Balaban J connectivity index is 0.000000304. The zero-order chi connectivity index (χ0) is 13.3. The SMILES string of the molecule is N#Cc1ccccc1F.O=C(O)CCC(=O)O. The van der Waals surface area contributed by atoms with Crippen molar-refractivity contribution in [3.05, 3.63) is 35.6 Å². The van der Waals surface area contributed by atoms with Crippen LogP contribution < -0.4 is 0 Å². The fraction of sp³-hybridized carbons (Fsp3) is 0.182. The van der Waals surface area contributed by atoms with E-state index in [9.17, 15) is 14.0 Å². The molecule has 1 aromatic rings. The zero-order valence-electron chi connectivity index (χ0n) is 8.76. The number of carboxylic acids is 2. The number of hydrogen-bond donors (Lipinski definition) is 2. The molecule has 0 aliphatic carbocycles. The Morgan fingerprint density at radius 3 is 1.94 bits per heavy atom. The highest BCUT2D eigenvalue weighted by Crippen LogP contribution is 2.02. The first-order valence-corrected chi connectivity index (χ1v) is 4.55. The van der Waals surface area contributed by atoms with Crippen molar-refractivity contribution in [1.29, 1.82) is 5.26 Å². The second-order valence-electron chi connectivity index (χ2n) is 2.88. The summed E-state index contributed by atoms with van der Waals surface area (Å²) >= 11 is 0. The molecule has 0 fully saturated rings. The molecule has 90 valence electrons. The van der Waals surface area contributed by atoms with Gasteiger partial charge in [-0.25, -0.2) is 4.39 Å². The van der Waals surface area contributed by atoms with Crippen LogP contribution in [0, 0.1) is 17.1 Å². The van der Waals surface area contributed by atoms with Crippen molar-refractivity contribution in [1.82, 2.24) is 0 Å². The Kier molecular flexibility index (Phi) is 6.71. The van der Waals surface area contributed by atoms with Crippen molar-refractivity contribution < 1.29 is 24.2 Å². The summed E-state index contributed by atoms with van der Waals surface area (Å²) in [6.07, 6.45) is -0.593. The van der Waals surface area contributed by atoms with Gasteiger partial charge in [-0.2, -0.15) is 5.26 Å². The normalized spacial score (nSPS) is 8.47. The van der Waals surface area contributed by atoms with Crippen LogP contribution in [0.3, 0.4) is 0 Å². The second-order valence-corrected chi connectivity index (χ2v) is 2.88. The molecule has 1 aromatic carbocycles. The minimum absolute atomic E-state index is 0.0949. The Labute approximate surface area is 96.7 Å². The number of halogens is 1. The van der Waals surface area contributed by atoms with Crippen LogP contribution in [0.25, 0.3) is 0 Å². The lowest BCUT2D eigenvalue weighted by Gasteiger charge is -1.86. The number of aliphatic carboxylic acids is 2. The van der Waals surface area contributed by atoms with Crippen molar-refractivity contribution >= 4 is 11.9 Å². The van der Waals surface area contributed by atoms with Gasteiger partial charge in [0.1, 0.15) is 11.9 Å². The molecule has 17 heavy (non-hydrogen) atoms. The summed E-state index contributed by atoms with van der Waals surface area (Å²) in [5.74, 6) is -2.61. The van der Waals surface area contributed by atoms with E-state index >= 15 is 0 Å². The van der Waals surface area contributed by atoms with Gasteiger partial charge in [-0.15, -0.1) is 0 Å². The molecule has 0 heterocycles. The second kappa shape index (κ2) is 7.82. The highest BCUT2D eigenvalue weighted by Gasteiger charge is 2.00. The van der Waals surface area contributed by atoms with Crippen LogP contribution in [0.2, 0.25) is 0 Å². The lowest BCUT2D eigenvalue weighted by atomic mass is 10.2. The van der Waals surface area contributed by atoms with E-state index < -0.39 is 17.8 Å². The molecule has 0 bridgehead atoms. The molecule has 0 saturated carbocycles. The summed E-state index contributed by atoms with van der Waals surface area (Å²) in [5, 5.41) is 24.0. The molecule has 0 spiro atoms. The van der Waals surface area contributed by atoms with Crippen LogP contribution in [0.4, 0.5) is 4.39 Å². The smallest absolute Gasteiger partial charge is 0.303 e. The molecule has 1 rings (SSSR count). The van der Waals surface area contributed by atoms with Gasteiger partial charge in [0, 0.05) is 0 Å². The molecule has 0 aliphatic heterocycles. The standard InChI is InChI=1S/C7H4FN.C4H6O4/c8-7-4-2-1-3-6(7)5-9;5-3(6)1-2-4(7)8/h1-4H;1-2H2,(H,5,6)(H,7,8). The molecule has 5 nitrogen and oxygen atoms in total. The van der Waals surface area contributed by atoms with Gasteiger partial charge < -0.3 is 10.2 Å². The van der Waals surface area contributed by atoms with Crippen molar-refractivity contribution in [2.75, 3.05) is 0 Å². The molecule has 0 saturated heterocycles. The Hall–Kier alpha value is -2.42. The Morgan fingerprint density at radius 2 is 1.65 bits per heavy atom. The molecular formula is C11H10FNO4. The maximum absolute atomic E-state index is 12.4. The van der Waals surface area contributed by atoms with Crippen molar-refractivity contribution in [3.8, 4) is 6.07 Å². The summed E-state index contributed by atoms with van der Waals surface area (Å²) in [7, 11) is 0. The van der Waals surface area contributed by atoms with Gasteiger partial charge in [0.25, 0.3) is 0 Å². The summed E-state index contributed by atoms with van der Waals surface area (Å²) in [6.45, 7) is 0. The number of nitrogens with zero attached hydrogens (tertiary/aromatic N) is 1. The molecule has 0 aliphatic rings. The van der Waals surface area contributed by atoms with Gasteiger partial charge in [0.05, 0.1) is 18.4 Å². The first-order chi connectivity index (χ1) is 7.97. The zero-order valence-corrected chi connectivity index (χ0v) is 8.76. The van der Waals surface area contributed by atoms with Crippen molar-refractivity contribution in [2.24, 2.45) is 0 Å². The first-order valence-electron chi connectivity index (χ1n) is 4.55. The highest BCUT2D eigenvalue weighted by molar-refractivity contribution is 5.75. The number of nitriles is 1. The van der Waals surface area contributed by atoms with E-state index in [0.29, 0.717) is 0 Å². The van der Waals surface area contributed by atoms with Crippen LogP contribution >= 0.6 is 0 Å². The molecular weight excluding hydrogens is 229 g/mol.